The van der Waals surface area contributed by atoms with Crippen LogP contribution in [-0.4, -0.2) is 19.1 Å². The van der Waals surface area contributed by atoms with Gasteiger partial charge in [0.25, 0.3) is 0 Å². The van der Waals surface area contributed by atoms with Crippen LogP contribution in [0.5, 0.6) is 0 Å². The lowest BCUT2D eigenvalue weighted by Gasteiger charge is -2.24. The van der Waals surface area contributed by atoms with E-state index in [9.17, 15) is 0 Å². The van der Waals surface area contributed by atoms with Gasteiger partial charge in [-0.05, 0) is 62.1 Å². The Kier molecular flexibility index (Phi) is 5.47. The molecule has 0 aromatic heterocycles. The fourth-order valence-electron chi connectivity index (χ4n) is 3.26. The number of anilines is 1. The first-order valence-electron chi connectivity index (χ1n) is 8.15. The Balaban J connectivity index is 1.97. The summed E-state index contributed by atoms with van der Waals surface area (Å²) in [6, 6.07) is 9.26. The van der Waals surface area contributed by atoms with E-state index in [1.165, 1.54) is 43.6 Å². The second kappa shape index (κ2) is 7.12. The second-order valence-electron chi connectivity index (χ2n) is 6.77. The van der Waals surface area contributed by atoms with Gasteiger partial charge in [0.1, 0.15) is 0 Å². The lowest BCUT2D eigenvalue weighted by Crippen LogP contribution is -2.24. The molecule has 1 fully saturated rings. The van der Waals surface area contributed by atoms with Gasteiger partial charge in [0.05, 0.1) is 0 Å². The van der Waals surface area contributed by atoms with Crippen LogP contribution >= 0.6 is 0 Å². The van der Waals surface area contributed by atoms with E-state index >= 15 is 0 Å². The molecule has 2 rings (SSSR count). The molecule has 1 aromatic carbocycles. The lowest BCUT2D eigenvalue weighted by atomic mass is 9.89. The zero-order chi connectivity index (χ0) is 14.5. The summed E-state index contributed by atoms with van der Waals surface area (Å²) in [4.78, 5) is 2.55. The van der Waals surface area contributed by atoms with Crippen molar-refractivity contribution in [1.82, 2.24) is 0 Å². The average Bonchev–Trinajstić information content (AvgIpc) is 2.64. The van der Waals surface area contributed by atoms with Gasteiger partial charge < -0.3 is 10.6 Å². The number of hydrogen-bond donors (Lipinski definition) is 1. The van der Waals surface area contributed by atoms with Crippen molar-refractivity contribution in [2.45, 2.75) is 52.5 Å². The summed E-state index contributed by atoms with van der Waals surface area (Å²) in [6.45, 7) is 9.20. The number of benzene rings is 1. The first-order chi connectivity index (χ1) is 9.56. The monoisotopic (exact) mass is 274 g/mol. The van der Waals surface area contributed by atoms with Crippen molar-refractivity contribution >= 4 is 5.69 Å². The van der Waals surface area contributed by atoms with Gasteiger partial charge in [-0.3, -0.25) is 0 Å². The average molecular weight is 274 g/mol. The van der Waals surface area contributed by atoms with Crippen LogP contribution in [0, 0.1) is 11.8 Å². The minimum absolute atomic E-state index is 0.242. The quantitative estimate of drug-likeness (QED) is 0.904. The van der Waals surface area contributed by atoms with Crippen LogP contribution in [0.4, 0.5) is 5.69 Å². The number of rotatable bonds is 4. The SMILES string of the molecule is CC(N)Cc1ccc(N2CCCC(C(C)C)CC2)cc1. The fourth-order valence-corrected chi connectivity index (χ4v) is 3.26. The van der Waals surface area contributed by atoms with Gasteiger partial charge in [0.2, 0.25) is 0 Å². The molecule has 2 unspecified atom stereocenters. The van der Waals surface area contributed by atoms with Crippen LogP contribution in [-0.2, 0) is 6.42 Å². The predicted octanol–water partition coefficient (Wildman–Crippen LogP) is 3.84. The summed E-state index contributed by atoms with van der Waals surface area (Å²) in [5.74, 6) is 1.72. The van der Waals surface area contributed by atoms with Crippen LogP contribution in [0.15, 0.2) is 24.3 Å². The highest BCUT2D eigenvalue weighted by atomic mass is 15.1. The van der Waals surface area contributed by atoms with Crippen molar-refractivity contribution in [2.24, 2.45) is 17.6 Å². The minimum Gasteiger partial charge on any atom is -0.372 e. The molecule has 0 aliphatic carbocycles. The van der Waals surface area contributed by atoms with Crippen LogP contribution in [0.1, 0.15) is 45.6 Å². The maximum atomic E-state index is 5.86. The summed E-state index contributed by atoms with van der Waals surface area (Å²) in [5.41, 5.74) is 8.58. The molecule has 0 saturated carbocycles. The largest absolute Gasteiger partial charge is 0.372 e. The molecular weight excluding hydrogens is 244 g/mol. The lowest BCUT2D eigenvalue weighted by molar-refractivity contribution is 0.351. The summed E-state index contributed by atoms with van der Waals surface area (Å²) >= 11 is 0. The number of hydrogen-bond acceptors (Lipinski definition) is 2. The van der Waals surface area contributed by atoms with Gasteiger partial charge in [-0.2, -0.15) is 0 Å². The van der Waals surface area contributed by atoms with Crippen molar-refractivity contribution in [3.8, 4) is 0 Å². The minimum atomic E-state index is 0.242. The van der Waals surface area contributed by atoms with Crippen molar-refractivity contribution < 1.29 is 0 Å². The van der Waals surface area contributed by atoms with Crippen LogP contribution < -0.4 is 10.6 Å². The van der Waals surface area contributed by atoms with Crippen LogP contribution in [0.2, 0.25) is 0 Å². The molecule has 2 nitrogen and oxygen atoms in total. The summed E-state index contributed by atoms with van der Waals surface area (Å²) in [6.07, 6.45) is 5.01. The summed E-state index contributed by atoms with van der Waals surface area (Å²) in [7, 11) is 0. The first-order valence-corrected chi connectivity index (χ1v) is 8.15. The van der Waals surface area contributed by atoms with Crippen molar-refractivity contribution in [2.75, 3.05) is 18.0 Å². The van der Waals surface area contributed by atoms with E-state index < -0.39 is 0 Å². The standard InChI is InChI=1S/C18H30N2/c1-14(2)17-5-4-11-20(12-10-17)18-8-6-16(7-9-18)13-15(3)19/h6-9,14-15,17H,4-5,10-13,19H2,1-3H3. The maximum Gasteiger partial charge on any atom is 0.0366 e. The molecule has 112 valence electrons. The van der Waals surface area contributed by atoms with E-state index in [0.29, 0.717) is 0 Å². The Morgan fingerprint density at radius 3 is 2.40 bits per heavy atom. The Morgan fingerprint density at radius 2 is 1.80 bits per heavy atom. The molecule has 0 radical (unpaired) electrons. The Morgan fingerprint density at radius 1 is 1.10 bits per heavy atom. The zero-order valence-corrected chi connectivity index (χ0v) is 13.3. The van der Waals surface area contributed by atoms with Crippen molar-refractivity contribution in [3.05, 3.63) is 29.8 Å². The Labute approximate surface area is 124 Å². The highest BCUT2D eigenvalue weighted by Crippen LogP contribution is 2.27. The molecule has 0 bridgehead atoms. The Hall–Kier alpha value is -1.02. The Bertz CT molecular complexity index is 394. The molecule has 1 aromatic rings. The van der Waals surface area contributed by atoms with Gasteiger partial charge in [0.15, 0.2) is 0 Å². The fraction of sp³-hybridized carbons (Fsp3) is 0.667. The van der Waals surface area contributed by atoms with Crippen LogP contribution in [0.3, 0.4) is 0 Å². The molecule has 2 N–H and O–H groups in total. The van der Waals surface area contributed by atoms with E-state index in [1.807, 2.05) is 0 Å². The van der Waals surface area contributed by atoms with E-state index in [1.54, 1.807) is 0 Å². The predicted molar refractivity (Wildman–Crippen MR) is 88.2 cm³/mol. The van der Waals surface area contributed by atoms with Gasteiger partial charge in [-0.25, -0.2) is 0 Å². The topological polar surface area (TPSA) is 29.3 Å². The van der Waals surface area contributed by atoms with Crippen LogP contribution in [0.25, 0.3) is 0 Å². The third-order valence-electron chi connectivity index (χ3n) is 4.57. The first kappa shape index (κ1) is 15.4. The van der Waals surface area contributed by atoms with Gasteiger partial charge in [0, 0.05) is 24.8 Å². The summed E-state index contributed by atoms with van der Waals surface area (Å²) < 4.78 is 0. The van der Waals surface area contributed by atoms with Gasteiger partial charge in [-0.1, -0.05) is 26.0 Å². The van der Waals surface area contributed by atoms with E-state index in [2.05, 4.69) is 49.9 Å². The molecule has 1 saturated heterocycles. The number of nitrogens with zero attached hydrogens (tertiary/aromatic N) is 1. The van der Waals surface area contributed by atoms with E-state index in [0.717, 1.165) is 18.3 Å². The van der Waals surface area contributed by atoms with Crippen molar-refractivity contribution in [1.29, 1.82) is 0 Å². The second-order valence-corrected chi connectivity index (χ2v) is 6.77. The van der Waals surface area contributed by atoms with E-state index in [4.69, 9.17) is 5.73 Å². The highest BCUT2D eigenvalue weighted by molar-refractivity contribution is 5.47. The smallest absolute Gasteiger partial charge is 0.0366 e. The highest BCUT2D eigenvalue weighted by Gasteiger charge is 2.19. The third-order valence-corrected chi connectivity index (χ3v) is 4.57. The summed E-state index contributed by atoms with van der Waals surface area (Å²) in [5, 5.41) is 0. The third kappa shape index (κ3) is 4.24. The normalized spacial score (nSPS) is 21.9. The molecule has 0 amide bonds. The maximum absolute atomic E-state index is 5.86. The molecule has 1 aliphatic rings. The molecule has 2 heteroatoms. The molecule has 1 heterocycles. The van der Waals surface area contributed by atoms with Crippen molar-refractivity contribution in [3.63, 3.8) is 0 Å². The number of nitrogens with two attached hydrogens (primary N) is 1. The van der Waals surface area contributed by atoms with Gasteiger partial charge >= 0.3 is 0 Å². The zero-order valence-electron chi connectivity index (χ0n) is 13.3. The van der Waals surface area contributed by atoms with E-state index in [-0.39, 0.29) is 6.04 Å². The molecule has 2 atom stereocenters. The molecular formula is C18H30N2. The molecule has 1 aliphatic heterocycles. The van der Waals surface area contributed by atoms with Gasteiger partial charge in [-0.15, -0.1) is 0 Å². The molecule has 0 spiro atoms. The molecule has 20 heavy (non-hydrogen) atoms.